The normalized spacial score (nSPS) is 10.6. The van der Waals surface area contributed by atoms with Crippen LogP contribution in [-0.4, -0.2) is 18.1 Å². The first-order valence-corrected chi connectivity index (χ1v) is 7.62. The van der Waals surface area contributed by atoms with Crippen molar-refractivity contribution in [1.29, 1.82) is 0 Å². The molecule has 0 spiro atoms. The van der Waals surface area contributed by atoms with E-state index in [1.165, 1.54) is 17.5 Å². The Hall–Kier alpha value is -1.87. The Morgan fingerprint density at radius 2 is 1.81 bits per heavy atom. The van der Waals surface area contributed by atoms with Gasteiger partial charge >= 0.3 is 0 Å². The van der Waals surface area contributed by atoms with Gasteiger partial charge in [-0.1, -0.05) is 31.2 Å². The van der Waals surface area contributed by atoms with Crippen LogP contribution in [0.5, 0.6) is 5.75 Å². The van der Waals surface area contributed by atoms with Crippen LogP contribution in [0.25, 0.3) is 0 Å². The average Bonchev–Trinajstić information content (AvgIpc) is 2.52. The highest BCUT2D eigenvalue weighted by Crippen LogP contribution is 2.16. The molecule has 2 aromatic rings. The van der Waals surface area contributed by atoms with Crippen LogP contribution >= 0.6 is 0 Å². The van der Waals surface area contributed by atoms with Crippen molar-refractivity contribution in [1.82, 2.24) is 10.3 Å². The van der Waals surface area contributed by atoms with Crippen LogP contribution in [0.1, 0.15) is 30.2 Å². The van der Waals surface area contributed by atoms with Crippen LogP contribution in [0.3, 0.4) is 0 Å². The Kier molecular flexibility index (Phi) is 6.22. The number of nitrogens with one attached hydrogen (secondary N) is 1. The number of nitrogens with zero attached hydrogens (tertiary/aromatic N) is 1. The molecule has 1 N–H and O–H groups in total. The van der Waals surface area contributed by atoms with Crippen LogP contribution in [0, 0.1) is 6.92 Å². The van der Waals surface area contributed by atoms with Crippen molar-refractivity contribution in [2.45, 2.75) is 33.3 Å². The molecule has 0 aliphatic heterocycles. The third-order valence-electron chi connectivity index (χ3n) is 3.39. The number of pyridine rings is 1. The fourth-order valence-electron chi connectivity index (χ4n) is 2.12. The smallest absolute Gasteiger partial charge is 0.141 e. The van der Waals surface area contributed by atoms with E-state index in [1.54, 1.807) is 6.20 Å². The Morgan fingerprint density at radius 1 is 1.05 bits per heavy atom. The van der Waals surface area contributed by atoms with E-state index in [2.05, 4.69) is 41.5 Å². The summed E-state index contributed by atoms with van der Waals surface area (Å²) in [6, 6.07) is 12.5. The first-order valence-electron chi connectivity index (χ1n) is 7.62. The third-order valence-corrected chi connectivity index (χ3v) is 3.39. The number of aromatic nitrogens is 1. The van der Waals surface area contributed by atoms with Gasteiger partial charge in [-0.05, 0) is 56.1 Å². The quantitative estimate of drug-likeness (QED) is 0.753. The molecule has 1 aromatic heterocycles. The van der Waals surface area contributed by atoms with E-state index in [4.69, 9.17) is 4.74 Å². The molecule has 0 aliphatic carbocycles. The molecule has 1 aromatic carbocycles. The van der Waals surface area contributed by atoms with E-state index in [0.29, 0.717) is 6.61 Å². The lowest BCUT2D eigenvalue weighted by molar-refractivity contribution is 0.302. The van der Waals surface area contributed by atoms with Crippen LogP contribution in [-0.2, 0) is 13.0 Å². The predicted molar refractivity (Wildman–Crippen MR) is 86.6 cm³/mol. The molecule has 2 rings (SSSR count). The summed E-state index contributed by atoms with van der Waals surface area (Å²) in [6.07, 6.45) is 4.04. The summed E-state index contributed by atoms with van der Waals surface area (Å²) in [5.41, 5.74) is 3.47. The van der Waals surface area contributed by atoms with Gasteiger partial charge in [-0.15, -0.1) is 0 Å². The van der Waals surface area contributed by atoms with Crippen molar-refractivity contribution in [3.63, 3.8) is 0 Å². The summed E-state index contributed by atoms with van der Waals surface area (Å²) in [5, 5.41) is 3.42. The van der Waals surface area contributed by atoms with E-state index in [9.17, 15) is 0 Å². The maximum atomic E-state index is 5.80. The highest BCUT2D eigenvalue weighted by Gasteiger charge is 2.00. The number of hydrogen-bond acceptors (Lipinski definition) is 3. The number of ether oxygens (including phenoxy) is 1. The minimum atomic E-state index is 0.584. The summed E-state index contributed by atoms with van der Waals surface area (Å²) in [6.45, 7) is 6.86. The fourth-order valence-corrected chi connectivity index (χ4v) is 2.12. The van der Waals surface area contributed by atoms with Crippen molar-refractivity contribution in [2.75, 3.05) is 13.1 Å². The number of hydrogen-bond donors (Lipinski definition) is 1. The van der Waals surface area contributed by atoms with Crippen LogP contribution in [0.15, 0.2) is 42.6 Å². The Balaban J connectivity index is 1.81. The third kappa shape index (κ3) is 5.20. The van der Waals surface area contributed by atoms with Crippen molar-refractivity contribution in [3.8, 4) is 5.75 Å². The van der Waals surface area contributed by atoms with Crippen LogP contribution < -0.4 is 10.1 Å². The zero-order valence-corrected chi connectivity index (χ0v) is 12.9. The van der Waals surface area contributed by atoms with Gasteiger partial charge in [0.25, 0.3) is 0 Å². The monoisotopic (exact) mass is 284 g/mol. The predicted octanol–water partition coefficient (Wildman–Crippen LogP) is 3.51. The molecule has 0 aliphatic rings. The van der Waals surface area contributed by atoms with E-state index in [1.807, 2.05) is 19.1 Å². The number of benzene rings is 1. The van der Waals surface area contributed by atoms with Gasteiger partial charge in [-0.25, -0.2) is 0 Å². The number of rotatable bonds is 8. The topological polar surface area (TPSA) is 34.1 Å². The molecule has 0 atom stereocenters. The first kappa shape index (κ1) is 15.5. The van der Waals surface area contributed by atoms with Gasteiger partial charge in [0, 0.05) is 6.20 Å². The summed E-state index contributed by atoms with van der Waals surface area (Å²) < 4.78 is 5.80. The molecule has 3 nitrogen and oxygen atoms in total. The molecular weight excluding hydrogens is 260 g/mol. The summed E-state index contributed by atoms with van der Waals surface area (Å²) in [4.78, 5) is 4.22. The molecule has 0 unspecified atom stereocenters. The van der Waals surface area contributed by atoms with E-state index in [0.717, 1.165) is 31.0 Å². The largest absolute Gasteiger partial charge is 0.487 e. The second kappa shape index (κ2) is 8.42. The molecule has 1 heterocycles. The van der Waals surface area contributed by atoms with E-state index >= 15 is 0 Å². The highest BCUT2D eigenvalue weighted by molar-refractivity contribution is 5.27. The van der Waals surface area contributed by atoms with Crippen molar-refractivity contribution in [3.05, 3.63) is 59.4 Å². The second-order valence-electron chi connectivity index (χ2n) is 5.19. The van der Waals surface area contributed by atoms with Crippen molar-refractivity contribution < 1.29 is 4.74 Å². The highest BCUT2D eigenvalue weighted by atomic mass is 16.5. The summed E-state index contributed by atoms with van der Waals surface area (Å²) in [5.74, 6) is 0.852. The lowest BCUT2D eigenvalue weighted by Crippen LogP contribution is -2.17. The van der Waals surface area contributed by atoms with Crippen molar-refractivity contribution >= 4 is 0 Å². The van der Waals surface area contributed by atoms with Gasteiger partial charge in [0.05, 0.1) is 5.69 Å². The van der Waals surface area contributed by atoms with Gasteiger partial charge in [0.15, 0.2) is 0 Å². The lowest BCUT2D eigenvalue weighted by atomic mass is 10.1. The summed E-state index contributed by atoms with van der Waals surface area (Å²) >= 11 is 0. The van der Waals surface area contributed by atoms with Gasteiger partial charge in [-0.2, -0.15) is 0 Å². The second-order valence-corrected chi connectivity index (χ2v) is 5.19. The Morgan fingerprint density at radius 3 is 2.52 bits per heavy atom. The fraction of sp³-hybridized carbons (Fsp3) is 0.389. The van der Waals surface area contributed by atoms with E-state index < -0.39 is 0 Å². The molecule has 0 saturated carbocycles. The summed E-state index contributed by atoms with van der Waals surface area (Å²) in [7, 11) is 0. The maximum Gasteiger partial charge on any atom is 0.141 e. The van der Waals surface area contributed by atoms with Crippen LogP contribution in [0.4, 0.5) is 0 Å². The van der Waals surface area contributed by atoms with Gasteiger partial charge in [0.1, 0.15) is 12.4 Å². The molecule has 0 amide bonds. The lowest BCUT2D eigenvalue weighted by Gasteiger charge is -2.09. The Labute approximate surface area is 127 Å². The molecular formula is C18H24N2O. The average molecular weight is 284 g/mol. The number of aryl methyl sites for hydroxylation is 1. The minimum absolute atomic E-state index is 0.584. The molecule has 0 fully saturated rings. The van der Waals surface area contributed by atoms with Gasteiger partial charge in [-0.3, -0.25) is 4.98 Å². The standard InChI is InChI=1S/C18H24N2O/c1-3-11-19-13-10-16-6-8-17(9-7-16)14-21-18-5-4-12-20-15(18)2/h4-9,12,19H,3,10-11,13-14H2,1-2H3. The maximum absolute atomic E-state index is 5.80. The van der Waals surface area contributed by atoms with Gasteiger partial charge in [0.2, 0.25) is 0 Å². The minimum Gasteiger partial charge on any atom is -0.487 e. The molecule has 0 radical (unpaired) electrons. The molecule has 0 bridgehead atoms. The molecule has 3 heteroatoms. The molecule has 112 valence electrons. The van der Waals surface area contributed by atoms with Crippen LogP contribution in [0.2, 0.25) is 0 Å². The van der Waals surface area contributed by atoms with Crippen molar-refractivity contribution in [2.24, 2.45) is 0 Å². The van der Waals surface area contributed by atoms with Gasteiger partial charge < -0.3 is 10.1 Å². The zero-order valence-electron chi connectivity index (χ0n) is 12.9. The Bertz CT molecular complexity index is 537. The zero-order chi connectivity index (χ0) is 14.9. The molecule has 21 heavy (non-hydrogen) atoms. The van der Waals surface area contributed by atoms with E-state index in [-0.39, 0.29) is 0 Å². The first-order chi connectivity index (χ1) is 10.3. The SMILES string of the molecule is CCCNCCc1ccc(COc2cccnc2C)cc1. The molecule has 0 saturated heterocycles.